The van der Waals surface area contributed by atoms with Crippen LogP contribution in [0.5, 0.6) is 0 Å². The van der Waals surface area contributed by atoms with E-state index in [1.54, 1.807) is 0 Å². The average Bonchev–Trinajstić information content (AvgIpc) is 2.48. The zero-order valence-corrected chi connectivity index (χ0v) is 12.9. The van der Waals surface area contributed by atoms with Crippen LogP contribution in [0.4, 0.5) is 0 Å². The summed E-state index contributed by atoms with van der Waals surface area (Å²) in [5.41, 5.74) is 3.12. The number of aromatic nitrogens is 1. The van der Waals surface area contributed by atoms with Crippen LogP contribution in [-0.4, -0.2) is 28.9 Å². The molecule has 0 bridgehead atoms. The molecule has 110 valence electrons. The van der Waals surface area contributed by atoms with Gasteiger partial charge in [0.05, 0.1) is 0 Å². The predicted octanol–water partition coefficient (Wildman–Crippen LogP) is 3.09. The van der Waals surface area contributed by atoms with Gasteiger partial charge in [-0.25, -0.2) is 4.98 Å². The number of piperidine rings is 1. The van der Waals surface area contributed by atoms with Crippen molar-refractivity contribution in [3.05, 3.63) is 41.2 Å². The fraction of sp³-hybridized carbons (Fsp3) is 0.444. The molecule has 0 unspecified atom stereocenters. The summed E-state index contributed by atoms with van der Waals surface area (Å²) in [6.07, 6.45) is 5.45. The first-order chi connectivity index (χ1) is 10.2. The molecular weight excluding hydrogens is 260 g/mol. The summed E-state index contributed by atoms with van der Waals surface area (Å²) in [5, 5.41) is 0. The average molecular weight is 282 g/mol. The van der Waals surface area contributed by atoms with E-state index in [4.69, 9.17) is 0 Å². The quantitative estimate of drug-likeness (QED) is 0.781. The van der Waals surface area contributed by atoms with Crippen molar-refractivity contribution in [2.75, 3.05) is 13.1 Å². The van der Waals surface area contributed by atoms with Crippen molar-refractivity contribution in [2.24, 2.45) is 0 Å². The van der Waals surface area contributed by atoms with Gasteiger partial charge in [-0.3, -0.25) is 4.79 Å². The van der Waals surface area contributed by atoms with E-state index in [-0.39, 0.29) is 5.91 Å². The summed E-state index contributed by atoms with van der Waals surface area (Å²) in [6.45, 7) is 5.67. The molecule has 0 aliphatic carbocycles. The van der Waals surface area contributed by atoms with E-state index in [1.807, 2.05) is 43.0 Å². The maximum absolute atomic E-state index is 11.8. The Hall–Kier alpha value is -2.08. The predicted molar refractivity (Wildman–Crippen MR) is 84.7 cm³/mol. The van der Waals surface area contributed by atoms with Gasteiger partial charge in [-0.2, -0.15) is 0 Å². The molecule has 0 saturated carbocycles. The standard InChI is InChI=1S/C18H22N2O/c1-3-6-18(21)20-13-11-16(12-14-20)8-5-10-17-9-4-7-15(2)19-17/h4,7-9H,3,6,11-14H2,1-2H3. The zero-order valence-electron chi connectivity index (χ0n) is 12.9. The Kier molecular flexibility index (Phi) is 5.57. The Morgan fingerprint density at radius 2 is 2.14 bits per heavy atom. The van der Waals surface area contributed by atoms with Crippen LogP contribution in [0.15, 0.2) is 29.8 Å². The Bertz CT molecular complexity index is 583. The minimum atomic E-state index is 0.284. The van der Waals surface area contributed by atoms with E-state index in [0.717, 1.165) is 43.7 Å². The number of aryl methyl sites for hydroxylation is 1. The number of amides is 1. The molecule has 3 heteroatoms. The van der Waals surface area contributed by atoms with Crippen LogP contribution in [-0.2, 0) is 4.79 Å². The Labute approximate surface area is 127 Å². The molecule has 2 heterocycles. The molecule has 1 saturated heterocycles. The number of hydrogen-bond acceptors (Lipinski definition) is 2. The maximum Gasteiger partial charge on any atom is 0.222 e. The van der Waals surface area contributed by atoms with Crippen LogP contribution >= 0.6 is 0 Å². The first kappa shape index (κ1) is 15.3. The normalized spacial score (nSPS) is 14.4. The molecule has 0 N–H and O–H groups in total. The second-order valence-electron chi connectivity index (χ2n) is 5.37. The van der Waals surface area contributed by atoms with E-state index in [9.17, 15) is 4.79 Å². The highest BCUT2D eigenvalue weighted by Crippen LogP contribution is 2.16. The summed E-state index contributed by atoms with van der Waals surface area (Å²) < 4.78 is 0. The Balaban J connectivity index is 1.89. The molecule has 21 heavy (non-hydrogen) atoms. The van der Waals surface area contributed by atoms with E-state index >= 15 is 0 Å². The van der Waals surface area contributed by atoms with Crippen molar-refractivity contribution in [1.29, 1.82) is 0 Å². The van der Waals surface area contributed by atoms with Crippen LogP contribution in [0, 0.1) is 18.8 Å². The van der Waals surface area contributed by atoms with Crippen molar-refractivity contribution >= 4 is 5.91 Å². The molecular formula is C18H22N2O. The summed E-state index contributed by atoms with van der Waals surface area (Å²) in [7, 11) is 0. The lowest BCUT2D eigenvalue weighted by molar-refractivity contribution is -0.131. The van der Waals surface area contributed by atoms with Crippen LogP contribution in [0.1, 0.15) is 44.0 Å². The number of hydrogen-bond donors (Lipinski definition) is 0. The van der Waals surface area contributed by atoms with Gasteiger partial charge in [0.2, 0.25) is 5.91 Å². The van der Waals surface area contributed by atoms with E-state index < -0.39 is 0 Å². The van der Waals surface area contributed by atoms with Crippen molar-refractivity contribution < 1.29 is 4.79 Å². The third kappa shape index (κ3) is 4.75. The van der Waals surface area contributed by atoms with Crippen LogP contribution in [0.2, 0.25) is 0 Å². The van der Waals surface area contributed by atoms with Gasteiger partial charge in [0.15, 0.2) is 0 Å². The molecule has 1 aliphatic rings. The Morgan fingerprint density at radius 1 is 1.38 bits per heavy atom. The topological polar surface area (TPSA) is 33.2 Å². The maximum atomic E-state index is 11.8. The third-order valence-electron chi connectivity index (χ3n) is 3.59. The molecule has 1 aromatic heterocycles. The number of allylic oxidation sites excluding steroid dienone is 1. The number of carbonyl (C=O) groups excluding carboxylic acids is 1. The van der Waals surface area contributed by atoms with Crippen molar-refractivity contribution in [1.82, 2.24) is 9.88 Å². The van der Waals surface area contributed by atoms with Gasteiger partial charge >= 0.3 is 0 Å². The van der Waals surface area contributed by atoms with Gasteiger partial charge in [-0.1, -0.05) is 24.5 Å². The molecule has 1 amide bonds. The van der Waals surface area contributed by atoms with E-state index in [1.165, 1.54) is 5.57 Å². The van der Waals surface area contributed by atoms with E-state index in [2.05, 4.69) is 16.8 Å². The SMILES string of the molecule is CCCC(=O)N1CCC(=CC#Cc2cccc(C)n2)CC1. The molecule has 3 nitrogen and oxygen atoms in total. The highest BCUT2D eigenvalue weighted by Gasteiger charge is 2.17. The molecule has 1 fully saturated rings. The highest BCUT2D eigenvalue weighted by atomic mass is 16.2. The minimum absolute atomic E-state index is 0.284. The van der Waals surface area contributed by atoms with Crippen molar-refractivity contribution in [3.8, 4) is 11.8 Å². The third-order valence-corrected chi connectivity index (χ3v) is 3.59. The molecule has 0 radical (unpaired) electrons. The molecule has 0 aromatic carbocycles. The monoisotopic (exact) mass is 282 g/mol. The first-order valence-corrected chi connectivity index (χ1v) is 7.60. The Morgan fingerprint density at radius 3 is 2.81 bits per heavy atom. The molecule has 2 rings (SSSR count). The minimum Gasteiger partial charge on any atom is -0.342 e. The van der Waals surface area contributed by atoms with Crippen LogP contribution < -0.4 is 0 Å². The first-order valence-electron chi connectivity index (χ1n) is 7.60. The van der Waals surface area contributed by atoms with Crippen molar-refractivity contribution in [3.63, 3.8) is 0 Å². The lowest BCUT2D eigenvalue weighted by atomic mass is 10.0. The largest absolute Gasteiger partial charge is 0.342 e. The van der Waals surface area contributed by atoms with Gasteiger partial charge < -0.3 is 4.90 Å². The molecule has 1 aliphatic heterocycles. The number of carbonyl (C=O) groups is 1. The van der Waals surface area contributed by atoms with Gasteiger partial charge in [-0.15, -0.1) is 0 Å². The summed E-state index contributed by atoms with van der Waals surface area (Å²) in [6, 6.07) is 5.86. The number of rotatable bonds is 2. The van der Waals surface area contributed by atoms with Gasteiger partial charge in [0.1, 0.15) is 5.69 Å². The number of nitrogens with zero attached hydrogens (tertiary/aromatic N) is 2. The van der Waals surface area contributed by atoms with Crippen LogP contribution in [0.25, 0.3) is 0 Å². The zero-order chi connectivity index (χ0) is 15.1. The number of likely N-dealkylation sites (tertiary alicyclic amines) is 1. The van der Waals surface area contributed by atoms with Crippen molar-refractivity contribution in [2.45, 2.75) is 39.5 Å². The molecule has 1 aromatic rings. The summed E-state index contributed by atoms with van der Waals surface area (Å²) >= 11 is 0. The summed E-state index contributed by atoms with van der Waals surface area (Å²) in [5.74, 6) is 6.44. The second-order valence-corrected chi connectivity index (χ2v) is 5.37. The lowest BCUT2D eigenvalue weighted by Crippen LogP contribution is -2.36. The van der Waals surface area contributed by atoms with E-state index in [0.29, 0.717) is 6.42 Å². The highest BCUT2D eigenvalue weighted by molar-refractivity contribution is 5.76. The summed E-state index contributed by atoms with van der Waals surface area (Å²) in [4.78, 5) is 18.1. The number of pyridine rings is 1. The van der Waals surface area contributed by atoms with Gasteiger partial charge in [0, 0.05) is 25.2 Å². The molecule has 0 atom stereocenters. The van der Waals surface area contributed by atoms with Gasteiger partial charge in [-0.05, 0) is 50.3 Å². The fourth-order valence-corrected chi connectivity index (χ4v) is 2.38. The second kappa shape index (κ2) is 7.64. The lowest BCUT2D eigenvalue weighted by Gasteiger charge is -2.28. The fourth-order valence-electron chi connectivity index (χ4n) is 2.38. The smallest absolute Gasteiger partial charge is 0.222 e. The molecule has 0 spiro atoms. The van der Waals surface area contributed by atoms with Gasteiger partial charge in [0.25, 0.3) is 0 Å². The van der Waals surface area contributed by atoms with Crippen LogP contribution in [0.3, 0.4) is 0 Å².